The maximum Gasteiger partial charge on any atom is 0.191 e. The average molecular weight is 378 g/mol. The van der Waals surface area contributed by atoms with Gasteiger partial charge < -0.3 is 10.6 Å². The Bertz CT molecular complexity index is 649. The molecule has 0 saturated carbocycles. The summed E-state index contributed by atoms with van der Waals surface area (Å²) in [6.07, 6.45) is 0.579. The Morgan fingerprint density at radius 3 is 2.86 bits per heavy atom. The van der Waals surface area contributed by atoms with E-state index in [1.165, 1.54) is 6.07 Å². The lowest BCUT2D eigenvalue weighted by molar-refractivity contribution is 0.599. The molecular formula is C13H17BrFN3O2S. The maximum atomic E-state index is 13.4. The van der Waals surface area contributed by atoms with Crippen molar-refractivity contribution in [2.75, 3.05) is 18.6 Å². The number of rotatable bonds is 3. The van der Waals surface area contributed by atoms with Gasteiger partial charge in [0, 0.05) is 19.6 Å². The van der Waals surface area contributed by atoms with E-state index >= 15 is 0 Å². The number of hydrogen-bond acceptors (Lipinski definition) is 3. The Labute approximate surface area is 132 Å². The third-order valence-electron chi connectivity index (χ3n) is 3.24. The van der Waals surface area contributed by atoms with Crippen LogP contribution in [0.25, 0.3) is 0 Å². The maximum absolute atomic E-state index is 13.4. The second-order valence-electron chi connectivity index (χ2n) is 4.92. The number of halogens is 2. The molecule has 1 aliphatic heterocycles. The van der Waals surface area contributed by atoms with Gasteiger partial charge in [0.05, 0.1) is 16.0 Å². The van der Waals surface area contributed by atoms with E-state index in [-0.39, 0.29) is 23.4 Å². The molecule has 1 saturated heterocycles. The fourth-order valence-corrected chi connectivity index (χ4v) is 4.05. The van der Waals surface area contributed by atoms with Crippen molar-refractivity contribution in [3.8, 4) is 0 Å². The average Bonchev–Trinajstić information content (AvgIpc) is 2.77. The molecule has 5 nitrogen and oxygen atoms in total. The van der Waals surface area contributed by atoms with Crippen LogP contribution >= 0.6 is 15.9 Å². The molecule has 8 heteroatoms. The minimum Gasteiger partial charge on any atom is -0.353 e. The highest BCUT2D eigenvalue weighted by Crippen LogP contribution is 2.16. The smallest absolute Gasteiger partial charge is 0.191 e. The second-order valence-corrected chi connectivity index (χ2v) is 8.00. The molecule has 1 aliphatic rings. The molecule has 116 valence electrons. The van der Waals surface area contributed by atoms with E-state index < -0.39 is 9.84 Å². The van der Waals surface area contributed by atoms with Crippen LogP contribution < -0.4 is 10.6 Å². The molecule has 1 fully saturated rings. The summed E-state index contributed by atoms with van der Waals surface area (Å²) >= 11 is 3.10. The zero-order valence-electron chi connectivity index (χ0n) is 11.6. The molecule has 0 spiro atoms. The topological polar surface area (TPSA) is 70.6 Å². The van der Waals surface area contributed by atoms with Gasteiger partial charge in [0.2, 0.25) is 0 Å². The first-order chi connectivity index (χ1) is 9.89. The lowest BCUT2D eigenvalue weighted by Crippen LogP contribution is -2.43. The minimum atomic E-state index is -2.93. The third kappa shape index (κ3) is 4.67. The summed E-state index contributed by atoms with van der Waals surface area (Å²) in [6, 6.07) is 4.76. The van der Waals surface area contributed by atoms with Crippen molar-refractivity contribution in [1.82, 2.24) is 10.6 Å². The Morgan fingerprint density at radius 2 is 2.29 bits per heavy atom. The van der Waals surface area contributed by atoms with Crippen LogP contribution in [0.5, 0.6) is 0 Å². The minimum absolute atomic E-state index is 0.122. The quantitative estimate of drug-likeness (QED) is 0.617. The summed E-state index contributed by atoms with van der Waals surface area (Å²) < 4.78 is 36.7. The van der Waals surface area contributed by atoms with Crippen molar-refractivity contribution >= 4 is 31.7 Å². The van der Waals surface area contributed by atoms with Crippen molar-refractivity contribution < 1.29 is 12.8 Å². The molecule has 1 aromatic carbocycles. The molecule has 0 bridgehead atoms. The van der Waals surface area contributed by atoms with Crippen LogP contribution in [0.2, 0.25) is 0 Å². The van der Waals surface area contributed by atoms with E-state index in [0.717, 1.165) is 5.56 Å². The monoisotopic (exact) mass is 377 g/mol. The normalized spacial score (nSPS) is 21.3. The summed E-state index contributed by atoms with van der Waals surface area (Å²) in [7, 11) is -1.31. The fourth-order valence-electron chi connectivity index (χ4n) is 2.13. The van der Waals surface area contributed by atoms with E-state index in [1.54, 1.807) is 19.2 Å². The van der Waals surface area contributed by atoms with Crippen LogP contribution in [-0.2, 0) is 16.4 Å². The van der Waals surface area contributed by atoms with E-state index in [0.29, 0.717) is 23.4 Å². The van der Waals surface area contributed by atoms with Gasteiger partial charge in [-0.1, -0.05) is 6.07 Å². The van der Waals surface area contributed by atoms with Crippen LogP contribution in [0.1, 0.15) is 12.0 Å². The molecule has 0 radical (unpaired) electrons. The molecule has 1 aromatic rings. The predicted molar refractivity (Wildman–Crippen MR) is 84.5 cm³/mol. The summed E-state index contributed by atoms with van der Waals surface area (Å²) in [5, 5.41) is 6.12. The molecule has 0 amide bonds. The molecule has 0 aromatic heterocycles. The van der Waals surface area contributed by atoms with Gasteiger partial charge in [-0.15, -0.1) is 0 Å². The zero-order chi connectivity index (χ0) is 15.5. The molecule has 21 heavy (non-hydrogen) atoms. The Hall–Kier alpha value is -1.15. The Morgan fingerprint density at radius 1 is 1.52 bits per heavy atom. The molecular weight excluding hydrogens is 361 g/mol. The van der Waals surface area contributed by atoms with Crippen LogP contribution in [0.4, 0.5) is 4.39 Å². The van der Waals surface area contributed by atoms with Crippen LogP contribution in [0.3, 0.4) is 0 Å². The largest absolute Gasteiger partial charge is 0.353 e. The summed E-state index contributed by atoms with van der Waals surface area (Å²) in [5.74, 6) is 0.528. The van der Waals surface area contributed by atoms with Crippen LogP contribution in [0, 0.1) is 5.82 Å². The number of nitrogens with one attached hydrogen (secondary N) is 2. The van der Waals surface area contributed by atoms with Gasteiger partial charge in [0.1, 0.15) is 5.82 Å². The van der Waals surface area contributed by atoms with Gasteiger partial charge in [-0.05, 0) is 40.0 Å². The summed E-state index contributed by atoms with van der Waals surface area (Å²) in [5.41, 5.74) is 0.776. The van der Waals surface area contributed by atoms with Crippen molar-refractivity contribution in [2.24, 2.45) is 4.99 Å². The first-order valence-corrected chi connectivity index (χ1v) is 9.12. The lowest BCUT2D eigenvalue weighted by Gasteiger charge is -2.16. The molecule has 0 aliphatic carbocycles. The van der Waals surface area contributed by atoms with Gasteiger partial charge in [0.15, 0.2) is 15.8 Å². The van der Waals surface area contributed by atoms with E-state index in [4.69, 9.17) is 0 Å². The lowest BCUT2D eigenvalue weighted by atomic mass is 10.2. The Balaban J connectivity index is 1.90. The van der Waals surface area contributed by atoms with Gasteiger partial charge >= 0.3 is 0 Å². The number of aliphatic imine (C=N–C) groups is 1. The fraction of sp³-hybridized carbons (Fsp3) is 0.462. The highest BCUT2D eigenvalue weighted by Gasteiger charge is 2.28. The van der Waals surface area contributed by atoms with E-state index in [2.05, 4.69) is 31.6 Å². The van der Waals surface area contributed by atoms with Crippen LogP contribution in [-0.4, -0.2) is 39.0 Å². The van der Waals surface area contributed by atoms with Gasteiger partial charge in [-0.2, -0.15) is 0 Å². The number of hydrogen-bond donors (Lipinski definition) is 2. The highest BCUT2D eigenvalue weighted by atomic mass is 79.9. The molecule has 2 N–H and O–H groups in total. The van der Waals surface area contributed by atoms with Gasteiger partial charge in [-0.3, -0.25) is 4.99 Å². The van der Waals surface area contributed by atoms with Crippen molar-refractivity contribution in [1.29, 1.82) is 0 Å². The van der Waals surface area contributed by atoms with Crippen molar-refractivity contribution in [3.63, 3.8) is 0 Å². The predicted octanol–water partition coefficient (Wildman–Crippen LogP) is 1.44. The van der Waals surface area contributed by atoms with E-state index in [9.17, 15) is 12.8 Å². The number of benzene rings is 1. The summed E-state index contributed by atoms with van der Waals surface area (Å²) in [4.78, 5) is 4.05. The first kappa shape index (κ1) is 16.2. The number of sulfone groups is 1. The molecule has 1 atom stereocenters. The Kier molecular flexibility index (Phi) is 5.21. The summed E-state index contributed by atoms with van der Waals surface area (Å²) in [6.45, 7) is 0.406. The standard InChI is InChI=1S/C13H17BrFN3O2S/c1-16-13(18-10-4-5-21(19,20)8-10)17-7-9-2-3-11(14)12(15)6-9/h2-3,6,10H,4-5,7-8H2,1H3,(H2,16,17,18). The zero-order valence-corrected chi connectivity index (χ0v) is 14.0. The van der Waals surface area contributed by atoms with Crippen molar-refractivity contribution in [2.45, 2.75) is 19.0 Å². The SMILES string of the molecule is CN=C(NCc1ccc(Br)c(F)c1)NC1CCS(=O)(=O)C1. The van der Waals surface area contributed by atoms with Gasteiger partial charge in [0.25, 0.3) is 0 Å². The van der Waals surface area contributed by atoms with Crippen LogP contribution in [0.15, 0.2) is 27.7 Å². The number of nitrogens with zero attached hydrogens (tertiary/aromatic N) is 1. The first-order valence-electron chi connectivity index (χ1n) is 6.51. The van der Waals surface area contributed by atoms with Gasteiger partial charge in [-0.25, -0.2) is 12.8 Å². The molecule has 1 heterocycles. The second kappa shape index (κ2) is 6.74. The molecule has 1 unspecified atom stereocenters. The molecule has 2 rings (SSSR count). The van der Waals surface area contributed by atoms with E-state index in [1.807, 2.05) is 0 Å². The highest BCUT2D eigenvalue weighted by molar-refractivity contribution is 9.10. The number of guanidine groups is 1. The third-order valence-corrected chi connectivity index (χ3v) is 5.65. The van der Waals surface area contributed by atoms with Crippen molar-refractivity contribution in [3.05, 3.63) is 34.1 Å².